The van der Waals surface area contributed by atoms with Crippen LogP contribution in [-0.4, -0.2) is 35.2 Å². The average molecular weight is 372 g/mol. The Labute approximate surface area is 139 Å². The van der Waals surface area contributed by atoms with E-state index >= 15 is 0 Å². The van der Waals surface area contributed by atoms with E-state index in [1.807, 2.05) is 26.8 Å². The Hall–Kier alpha value is -1.40. The normalized spacial score (nSPS) is 12.8. The molecule has 0 aromatic heterocycles. The number of amides is 1. The summed E-state index contributed by atoms with van der Waals surface area (Å²) in [6, 6.07) is 4.26. The molecule has 0 saturated heterocycles. The van der Waals surface area contributed by atoms with E-state index < -0.39 is 17.9 Å². The number of halogens is 1. The highest BCUT2D eigenvalue weighted by molar-refractivity contribution is 9.10. The fourth-order valence-electron chi connectivity index (χ4n) is 1.83. The Kier molecular flexibility index (Phi) is 6.56. The van der Waals surface area contributed by atoms with E-state index in [0.717, 1.165) is 10.0 Å². The Balaban J connectivity index is 2.72. The van der Waals surface area contributed by atoms with Gasteiger partial charge in [0.05, 0.1) is 5.60 Å². The van der Waals surface area contributed by atoms with Crippen LogP contribution in [-0.2, 0) is 9.53 Å². The summed E-state index contributed by atoms with van der Waals surface area (Å²) >= 11 is 3.36. The molecule has 0 aliphatic rings. The molecular formula is C16H22BrNO4. The first kappa shape index (κ1) is 18.6. The van der Waals surface area contributed by atoms with Gasteiger partial charge in [-0.25, -0.2) is 4.79 Å². The molecule has 1 aromatic rings. The van der Waals surface area contributed by atoms with Gasteiger partial charge in [-0.05, 0) is 45.4 Å². The van der Waals surface area contributed by atoms with E-state index in [1.54, 1.807) is 19.1 Å². The lowest BCUT2D eigenvalue weighted by Gasteiger charge is -2.21. The minimum atomic E-state index is -1.07. The van der Waals surface area contributed by atoms with Gasteiger partial charge < -0.3 is 15.2 Å². The summed E-state index contributed by atoms with van der Waals surface area (Å²) < 4.78 is 6.33. The quantitative estimate of drug-likeness (QED) is 0.805. The predicted molar refractivity (Wildman–Crippen MR) is 88.1 cm³/mol. The van der Waals surface area contributed by atoms with Crippen LogP contribution in [0.4, 0.5) is 0 Å². The number of carbonyl (C=O) groups is 2. The second-order valence-corrected chi connectivity index (χ2v) is 6.88. The summed E-state index contributed by atoms with van der Waals surface area (Å²) in [4.78, 5) is 23.6. The van der Waals surface area contributed by atoms with Crippen molar-refractivity contribution < 1.29 is 19.4 Å². The third kappa shape index (κ3) is 5.77. The minimum Gasteiger partial charge on any atom is -0.480 e. The number of carboxylic acid groups (broad SMARTS) is 1. The fourth-order valence-corrected chi connectivity index (χ4v) is 2.20. The summed E-state index contributed by atoms with van der Waals surface area (Å²) in [5, 5.41) is 11.8. The highest BCUT2D eigenvalue weighted by Gasteiger charge is 2.22. The van der Waals surface area contributed by atoms with Crippen LogP contribution in [0.15, 0.2) is 22.7 Å². The van der Waals surface area contributed by atoms with E-state index in [-0.39, 0.29) is 18.6 Å². The SMILES string of the molecule is Cc1c(Br)cccc1C(=O)NC(CCOC(C)(C)C)C(=O)O. The number of hydrogen-bond acceptors (Lipinski definition) is 3. The van der Waals surface area contributed by atoms with Gasteiger partial charge >= 0.3 is 5.97 Å². The summed E-state index contributed by atoms with van der Waals surface area (Å²) in [6.45, 7) is 7.75. The second kappa shape index (κ2) is 7.74. The lowest BCUT2D eigenvalue weighted by Crippen LogP contribution is -2.42. The van der Waals surface area contributed by atoms with Gasteiger partial charge in [0.1, 0.15) is 6.04 Å². The van der Waals surface area contributed by atoms with Crippen LogP contribution in [0.1, 0.15) is 43.1 Å². The van der Waals surface area contributed by atoms with Crippen molar-refractivity contribution in [3.63, 3.8) is 0 Å². The standard InChI is InChI=1S/C16H22BrNO4/c1-10-11(6-5-7-12(10)17)14(19)18-13(15(20)21)8-9-22-16(2,3)4/h5-7,13H,8-9H2,1-4H3,(H,18,19)(H,20,21). The van der Waals surface area contributed by atoms with E-state index in [4.69, 9.17) is 4.74 Å². The van der Waals surface area contributed by atoms with Gasteiger partial charge in [-0.1, -0.05) is 22.0 Å². The van der Waals surface area contributed by atoms with Crippen molar-refractivity contribution in [1.29, 1.82) is 0 Å². The largest absolute Gasteiger partial charge is 0.480 e. The van der Waals surface area contributed by atoms with E-state index in [2.05, 4.69) is 21.2 Å². The lowest BCUT2D eigenvalue weighted by molar-refractivity contribution is -0.140. The number of hydrogen-bond donors (Lipinski definition) is 2. The lowest BCUT2D eigenvalue weighted by atomic mass is 10.1. The molecule has 22 heavy (non-hydrogen) atoms. The van der Waals surface area contributed by atoms with Gasteiger partial charge in [0.2, 0.25) is 0 Å². The number of carbonyl (C=O) groups excluding carboxylic acids is 1. The Morgan fingerprint density at radius 3 is 2.55 bits per heavy atom. The molecule has 1 atom stereocenters. The van der Waals surface area contributed by atoms with Gasteiger partial charge in [-0.3, -0.25) is 4.79 Å². The maximum atomic E-state index is 12.3. The fraction of sp³-hybridized carbons (Fsp3) is 0.500. The number of benzene rings is 1. The van der Waals surface area contributed by atoms with Gasteiger partial charge in [-0.2, -0.15) is 0 Å². The molecule has 0 fully saturated rings. The number of ether oxygens (including phenoxy) is 1. The number of carboxylic acids is 1. The highest BCUT2D eigenvalue weighted by atomic mass is 79.9. The van der Waals surface area contributed by atoms with Crippen molar-refractivity contribution in [2.75, 3.05) is 6.61 Å². The molecule has 0 saturated carbocycles. The molecule has 2 N–H and O–H groups in total. The molecule has 0 radical (unpaired) electrons. The Bertz CT molecular complexity index is 552. The van der Waals surface area contributed by atoms with E-state index in [0.29, 0.717) is 5.56 Å². The monoisotopic (exact) mass is 371 g/mol. The van der Waals surface area contributed by atoms with E-state index in [9.17, 15) is 14.7 Å². The van der Waals surface area contributed by atoms with Crippen LogP contribution in [0.5, 0.6) is 0 Å². The Morgan fingerprint density at radius 1 is 1.36 bits per heavy atom. The van der Waals surface area contributed by atoms with Gasteiger partial charge in [0.15, 0.2) is 0 Å². The molecule has 0 aliphatic carbocycles. The summed E-state index contributed by atoms with van der Waals surface area (Å²) in [7, 11) is 0. The van der Waals surface area contributed by atoms with E-state index in [1.165, 1.54) is 0 Å². The van der Waals surface area contributed by atoms with Gasteiger partial charge in [-0.15, -0.1) is 0 Å². The zero-order valence-electron chi connectivity index (χ0n) is 13.3. The van der Waals surface area contributed by atoms with Crippen molar-refractivity contribution in [2.45, 2.75) is 45.8 Å². The molecule has 1 amide bonds. The zero-order valence-corrected chi connectivity index (χ0v) is 14.9. The molecule has 0 bridgehead atoms. The molecule has 0 spiro atoms. The van der Waals surface area contributed by atoms with Crippen molar-refractivity contribution in [1.82, 2.24) is 5.32 Å². The molecule has 1 rings (SSSR count). The average Bonchev–Trinajstić information content (AvgIpc) is 2.39. The summed E-state index contributed by atoms with van der Waals surface area (Å²) in [5.41, 5.74) is 0.890. The molecule has 1 unspecified atom stereocenters. The van der Waals surface area contributed by atoms with Crippen molar-refractivity contribution in [2.24, 2.45) is 0 Å². The number of rotatable bonds is 6. The minimum absolute atomic E-state index is 0.214. The van der Waals surface area contributed by atoms with Gasteiger partial charge in [0.25, 0.3) is 5.91 Å². The second-order valence-electron chi connectivity index (χ2n) is 6.03. The van der Waals surface area contributed by atoms with Crippen LogP contribution in [0, 0.1) is 6.92 Å². The van der Waals surface area contributed by atoms with Crippen LogP contribution in [0.25, 0.3) is 0 Å². The third-order valence-electron chi connectivity index (χ3n) is 3.06. The van der Waals surface area contributed by atoms with Crippen molar-refractivity contribution in [3.05, 3.63) is 33.8 Å². The summed E-state index contributed by atoms with van der Waals surface area (Å²) in [6.07, 6.45) is 0.214. The molecule has 0 heterocycles. The van der Waals surface area contributed by atoms with Crippen LogP contribution in [0.3, 0.4) is 0 Å². The molecule has 5 nitrogen and oxygen atoms in total. The number of aliphatic carboxylic acids is 1. The molecule has 122 valence electrons. The molecular weight excluding hydrogens is 350 g/mol. The van der Waals surface area contributed by atoms with Crippen LogP contribution in [0.2, 0.25) is 0 Å². The van der Waals surface area contributed by atoms with Crippen molar-refractivity contribution in [3.8, 4) is 0 Å². The topological polar surface area (TPSA) is 75.6 Å². The Morgan fingerprint density at radius 2 is 2.00 bits per heavy atom. The zero-order chi connectivity index (χ0) is 16.9. The maximum absolute atomic E-state index is 12.3. The first-order valence-electron chi connectivity index (χ1n) is 7.04. The summed E-state index contributed by atoms with van der Waals surface area (Å²) in [5.74, 6) is -1.47. The molecule has 6 heteroatoms. The number of nitrogens with one attached hydrogen (secondary N) is 1. The van der Waals surface area contributed by atoms with Crippen LogP contribution >= 0.6 is 15.9 Å². The highest BCUT2D eigenvalue weighted by Crippen LogP contribution is 2.19. The first-order chi connectivity index (χ1) is 10.1. The maximum Gasteiger partial charge on any atom is 0.326 e. The third-order valence-corrected chi connectivity index (χ3v) is 3.92. The predicted octanol–water partition coefficient (Wildman–Crippen LogP) is 3.15. The smallest absolute Gasteiger partial charge is 0.326 e. The van der Waals surface area contributed by atoms with Crippen molar-refractivity contribution >= 4 is 27.8 Å². The van der Waals surface area contributed by atoms with Crippen LogP contribution < -0.4 is 5.32 Å². The first-order valence-corrected chi connectivity index (χ1v) is 7.84. The molecule has 1 aromatic carbocycles. The van der Waals surface area contributed by atoms with Gasteiger partial charge in [0, 0.05) is 23.1 Å². The molecule has 0 aliphatic heterocycles.